The normalized spacial score (nSPS) is 10.2. The third-order valence-corrected chi connectivity index (χ3v) is 2.89. The average Bonchev–Trinajstić information content (AvgIpc) is 2.26. The van der Waals surface area contributed by atoms with Gasteiger partial charge in [0.1, 0.15) is 0 Å². The van der Waals surface area contributed by atoms with Crippen molar-refractivity contribution in [3.05, 3.63) is 33.4 Å². The van der Waals surface area contributed by atoms with Crippen LogP contribution in [0.25, 0.3) is 0 Å². The molecule has 0 unspecified atom stereocenters. The van der Waals surface area contributed by atoms with Crippen molar-refractivity contribution in [2.45, 2.75) is 13.8 Å². The fourth-order valence-corrected chi connectivity index (χ4v) is 1.43. The number of carbonyl (C=O) groups is 2. The summed E-state index contributed by atoms with van der Waals surface area (Å²) in [5, 5.41) is 2.61. The maximum Gasteiger partial charge on any atom is 0.251 e. The van der Waals surface area contributed by atoms with E-state index in [9.17, 15) is 9.59 Å². The van der Waals surface area contributed by atoms with Crippen LogP contribution in [-0.2, 0) is 4.79 Å². The number of ketones is 1. The molecule has 16 heavy (non-hydrogen) atoms. The molecular weight excluding hydrogens is 317 g/mol. The van der Waals surface area contributed by atoms with Crippen LogP contribution in [-0.4, -0.2) is 18.2 Å². The van der Waals surface area contributed by atoms with Gasteiger partial charge >= 0.3 is 0 Å². The van der Waals surface area contributed by atoms with Crippen LogP contribution in [0, 0.1) is 9.49 Å². The van der Waals surface area contributed by atoms with Crippen LogP contribution in [0.2, 0.25) is 0 Å². The molecule has 1 aromatic rings. The smallest absolute Gasteiger partial charge is 0.251 e. The molecule has 0 atom stereocenters. The van der Waals surface area contributed by atoms with Crippen LogP contribution in [0.4, 0.5) is 0 Å². The Morgan fingerprint density at radius 1 is 1.25 bits per heavy atom. The lowest BCUT2D eigenvalue weighted by atomic mass is 10.1. The van der Waals surface area contributed by atoms with Gasteiger partial charge in [0.05, 0.1) is 6.54 Å². The highest BCUT2D eigenvalue weighted by Gasteiger charge is 2.10. The third-order valence-electron chi connectivity index (χ3n) is 2.17. The van der Waals surface area contributed by atoms with Crippen LogP contribution in [0.3, 0.4) is 0 Å². The van der Waals surface area contributed by atoms with Crippen molar-refractivity contribution in [1.82, 2.24) is 5.32 Å². The second-order valence-electron chi connectivity index (χ2n) is 3.81. The standard InChI is InChI=1S/C12H14INO2/c1-8(2)11(15)7-14-12(16)9-3-5-10(13)6-4-9/h3-6,8H,7H2,1-2H3,(H,14,16). The van der Waals surface area contributed by atoms with Crippen molar-refractivity contribution in [3.63, 3.8) is 0 Å². The number of Topliss-reactive ketones (excluding diaryl/α,β-unsaturated/α-hetero) is 1. The zero-order valence-electron chi connectivity index (χ0n) is 9.29. The van der Waals surface area contributed by atoms with Gasteiger partial charge in [0, 0.05) is 15.1 Å². The molecule has 4 heteroatoms. The van der Waals surface area contributed by atoms with Gasteiger partial charge in [0.15, 0.2) is 5.78 Å². The summed E-state index contributed by atoms with van der Waals surface area (Å²) in [5.74, 6) is -0.207. The largest absolute Gasteiger partial charge is 0.345 e. The zero-order valence-corrected chi connectivity index (χ0v) is 11.4. The number of benzene rings is 1. The van der Waals surface area contributed by atoms with E-state index in [-0.39, 0.29) is 24.2 Å². The van der Waals surface area contributed by atoms with E-state index in [4.69, 9.17) is 0 Å². The molecule has 0 aromatic heterocycles. The molecule has 1 aromatic carbocycles. The van der Waals surface area contributed by atoms with Gasteiger partial charge in [-0.05, 0) is 46.9 Å². The minimum atomic E-state index is -0.203. The van der Waals surface area contributed by atoms with Gasteiger partial charge in [-0.25, -0.2) is 0 Å². The molecule has 0 aliphatic heterocycles. The number of halogens is 1. The van der Waals surface area contributed by atoms with Crippen LogP contribution >= 0.6 is 22.6 Å². The first kappa shape index (κ1) is 13.2. The maximum absolute atomic E-state index is 11.6. The van der Waals surface area contributed by atoms with E-state index in [1.54, 1.807) is 12.1 Å². The molecule has 1 amide bonds. The summed E-state index contributed by atoms with van der Waals surface area (Å²) in [6.07, 6.45) is 0. The Morgan fingerprint density at radius 3 is 2.31 bits per heavy atom. The molecular formula is C12H14INO2. The van der Waals surface area contributed by atoms with Gasteiger partial charge in [-0.1, -0.05) is 13.8 Å². The molecule has 0 radical (unpaired) electrons. The summed E-state index contributed by atoms with van der Waals surface area (Å²) in [4.78, 5) is 22.9. The SMILES string of the molecule is CC(C)C(=O)CNC(=O)c1ccc(I)cc1. The Balaban J connectivity index is 2.53. The van der Waals surface area contributed by atoms with E-state index in [0.717, 1.165) is 3.57 Å². The highest BCUT2D eigenvalue weighted by Crippen LogP contribution is 2.06. The predicted molar refractivity (Wildman–Crippen MR) is 71.3 cm³/mol. The summed E-state index contributed by atoms with van der Waals surface area (Å²) in [5.41, 5.74) is 0.581. The molecule has 0 aliphatic rings. The first-order valence-electron chi connectivity index (χ1n) is 5.07. The Bertz CT molecular complexity index is 385. The number of hydrogen-bond donors (Lipinski definition) is 1. The highest BCUT2D eigenvalue weighted by molar-refractivity contribution is 14.1. The average molecular weight is 331 g/mol. The number of amides is 1. The van der Waals surface area contributed by atoms with Gasteiger partial charge < -0.3 is 5.32 Å². The summed E-state index contributed by atoms with van der Waals surface area (Å²) in [7, 11) is 0. The lowest BCUT2D eigenvalue weighted by molar-refractivity contribution is -0.120. The van der Waals surface area contributed by atoms with Crippen molar-refractivity contribution >= 4 is 34.3 Å². The molecule has 3 nitrogen and oxygen atoms in total. The third kappa shape index (κ3) is 3.92. The Morgan fingerprint density at radius 2 is 1.81 bits per heavy atom. The van der Waals surface area contributed by atoms with Crippen LogP contribution < -0.4 is 5.32 Å². The van der Waals surface area contributed by atoms with Crippen LogP contribution in [0.1, 0.15) is 24.2 Å². The van der Waals surface area contributed by atoms with Crippen molar-refractivity contribution in [2.75, 3.05) is 6.54 Å². The fourth-order valence-electron chi connectivity index (χ4n) is 1.07. The molecule has 0 heterocycles. The number of hydrogen-bond acceptors (Lipinski definition) is 2. The van der Waals surface area contributed by atoms with Crippen molar-refractivity contribution in [1.29, 1.82) is 0 Å². The van der Waals surface area contributed by atoms with E-state index in [1.165, 1.54) is 0 Å². The number of nitrogens with one attached hydrogen (secondary N) is 1. The maximum atomic E-state index is 11.6. The van der Waals surface area contributed by atoms with E-state index in [2.05, 4.69) is 27.9 Å². The van der Waals surface area contributed by atoms with Gasteiger partial charge in [0.25, 0.3) is 5.91 Å². The molecule has 1 rings (SSSR count). The van der Waals surface area contributed by atoms with Crippen LogP contribution in [0.15, 0.2) is 24.3 Å². The molecule has 1 N–H and O–H groups in total. The predicted octanol–water partition coefficient (Wildman–Crippen LogP) is 2.25. The molecule has 0 aliphatic carbocycles. The van der Waals surface area contributed by atoms with E-state index in [1.807, 2.05) is 26.0 Å². The van der Waals surface area contributed by atoms with E-state index in [0.29, 0.717) is 5.56 Å². The number of carbonyl (C=O) groups excluding carboxylic acids is 2. The molecule has 0 saturated carbocycles. The monoisotopic (exact) mass is 331 g/mol. The quantitative estimate of drug-likeness (QED) is 0.860. The topological polar surface area (TPSA) is 46.2 Å². The van der Waals surface area contributed by atoms with E-state index < -0.39 is 0 Å². The van der Waals surface area contributed by atoms with Crippen molar-refractivity contribution in [3.8, 4) is 0 Å². The Hall–Kier alpha value is -0.910. The Labute approximate surface area is 109 Å². The molecule has 0 spiro atoms. The lowest BCUT2D eigenvalue weighted by Gasteiger charge is -2.06. The first-order valence-corrected chi connectivity index (χ1v) is 6.15. The zero-order chi connectivity index (χ0) is 12.1. The first-order chi connectivity index (χ1) is 7.50. The number of rotatable bonds is 4. The minimum Gasteiger partial charge on any atom is -0.345 e. The van der Waals surface area contributed by atoms with Gasteiger partial charge in [-0.15, -0.1) is 0 Å². The lowest BCUT2D eigenvalue weighted by Crippen LogP contribution is -2.31. The van der Waals surface area contributed by atoms with Gasteiger partial charge in [-0.3, -0.25) is 9.59 Å². The fraction of sp³-hybridized carbons (Fsp3) is 0.333. The highest BCUT2D eigenvalue weighted by atomic mass is 127. The summed E-state index contributed by atoms with van der Waals surface area (Å²) in [6.45, 7) is 3.74. The second kappa shape index (κ2) is 5.98. The molecule has 0 fully saturated rings. The van der Waals surface area contributed by atoms with Crippen molar-refractivity contribution in [2.24, 2.45) is 5.92 Å². The summed E-state index contributed by atoms with van der Waals surface area (Å²) >= 11 is 2.17. The van der Waals surface area contributed by atoms with Gasteiger partial charge in [0.2, 0.25) is 0 Å². The second-order valence-corrected chi connectivity index (χ2v) is 5.06. The minimum absolute atomic E-state index is 0.0406. The Kier molecular flexibility index (Phi) is 4.92. The molecule has 0 saturated heterocycles. The summed E-state index contributed by atoms with van der Waals surface area (Å²) in [6, 6.07) is 7.22. The van der Waals surface area contributed by atoms with Gasteiger partial charge in [-0.2, -0.15) is 0 Å². The van der Waals surface area contributed by atoms with E-state index >= 15 is 0 Å². The van der Waals surface area contributed by atoms with Crippen LogP contribution in [0.5, 0.6) is 0 Å². The molecule has 0 bridgehead atoms. The summed E-state index contributed by atoms with van der Waals surface area (Å²) < 4.78 is 1.08. The van der Waals surface area contributed by atoms with Crippen molar-refractivity contribution < 1.29 is 9.59 Å². The molecule has 86 valence electrons.